The van der Waals surface area contributed by atoms with Gasteiger partial charge in [0, 0.05) is 22.2 Å². The van der Waals surface area contributed by atoms with Gasteiger partial charge in [-0.15, -0.1) is 16.4 Å². The van der Waals surface area contributed by atoms with Crippen molar-refractivity contribution in [3.8, 4) is 21.5 Å². The van der Waals surface area contributed by atoms with Crippen LogP contribution in [0.3, 0.4) is 0 Å². The summed E-state index contributed by atoms with van der Waals surface area (Å²) >= 11 is 2.89. The van der Waals surface area contributed by atoms with Crippen molar-refractivity contribution in [2.75, 3.05) is 0 Å². The number of hydrogen-bond donors (Lipinski definition) is 1. The summed E-state index contributed by atoms with van der Waals surface area (Å²) in [6, 6.07) is 8.76. The van der Waals surface area contributed by atoms with Gasteiger partial charge in [-0.2, -0.15) is 10.2 Å². The highest BCUT2D eigenvalue weighted by Gasteiger charge is 2.17. The molecule has 158 valence electrons. The smallest absolute Gasteiger partial charge is 0.299 e. The molecule has 1 aromatic carbocycles. The van der Waals surface area contributed by atoms with Gasteiger partial charge in [0.15, 0.2) is 0 Å². The third-order valence-electron chi connectivity index (χ3n) is 4.36. The Bertz CT molecular complexity index is 1220. The number of amides is 1. The Morgan fingerprint density at radius 3 is 2.52 bits per heavy atom. The van der Waals surface area contributed by atoms with E-state index in [1.165, 1.54) is 11.3 Å². The number of aryl methyl sites for hydroxylation is 3. The predicted octanol–water partition coefficient (Wildman–Crippen LogP) is 4.66. The van der Waals surface area contributed by atoms with Gasteiger partial charge in [0.25, 0.3) is 11.1 Å². The van der Waals surface area contributed by atoms with Crippen LogP contribution in [0.2, 0.25) is 0 Å². The lowest BCUT2D eigenvalue weighted by molar-refractivity contribution is 0.0938. The highest BCUT2D eigenvalue weighted by molar-refractivity contribution is 7.15. The SMILES string of the molecule is Cc1ccc(C(C)NC(=O)c2cc(Oc3nnc(C)s3)cc(-c3ncc(C)s3)c2)nn1. The second-order valence-electron chi connectivity index (χ2n) is 7.01. The third-order valence-corrected chi connectivity index (χ3v) is 6.04. The van der Waals surface area contributed by atoms with E-state index in [1.54, 1.807) is 29.7 Å². The van der Waals surface area contributed by atoms with Crippen LogP contribution in [-0.4, -0.2) is 31.3 Å². The molecule has 0 bridgehead atoms. The third kappa shape index (κ3) is 5.09. The second-order valence-corrected chi connectivity index (χ2v) is 9.38. The maximum atomic E-state index is 13.0. The summed E-state index contributed by atoms with van der Waals surface area (Å²) in [5, 5.41) is 21.2. The van der Waals surface area contributed by atoms with Crippen LogP contribution in [0.15, 0.2) is 36.5 Å². The minimum atomic E-state index is -0.304. The molecule has 0 aliphatic carbocycles. The molecule has 0 radical (unpaired) electrons. The van der Waals surface area contributed by atoms with Gasteiger partial charge in [0.1, 0.15) is 15.8 Å². The zero-order valence-corrected chi connectivity index (χ0v) is 19.0. The highest BCUT2D eigenvalue weighted by atomic mass is 32.1. The van der Waals surface area contributed by atoms with E-state index >= 15 is 0 Å². The molecule has 0 fully saturated rings. The normalized spacial score (nSPS) is 11.9. The summed E-state index contributed by atoms with van der Waals surface area (Å²) in [4.78, 5) is 18.6. The average molecular weight is 453 g/mol. The molecule has 4 rings (SSSR count). The zero-order chi connectivity index (χ0) is 22.0. The first-order valence-electron chi connectivity index (χ1n) is 9.54. The molecule has 0 saturated heterocycles. The molecular weight excluding hydrogens is 432 g/mol. The fraction of sp³-hybridized carbons (Fsp3) is 0.238. The molecule has 4 aromatic rings. The summed E-state index contributed by atoms with van der Waals surface area (Å²) in [7, 11) is 0. The van der Waals surface area contributed by atoms with Crippen LogP contribution in [0, 0.1) is 20.8 Å². The lowest BCUT2D eigenvalue weighted by Crippen LogP contribution is -2.27. The fourth-order valence-corrected chi connectivity index (χ4v) is 4.12. The number of carbonyl (C=O) groups is 1. The first-order chi connectivity index (χ1) is 14.9. The van der Waals surface area contributed by atoms with Gasteiger partial charge in [-0.3, -0.25) is 4.79 Å². The fourth-order valence-electron chi connectivity index (χ4n) is 2.82. The molecule has 0 saturated carbocycles. The number of rotatable bonds is 6. The Hall–Kier alpha value is -3.24. The van der Waals surface area contributed by atoms with Crippen LogP contribution >= 0.6 is 22.7 Å². The number of aromatic nitrogens is 5. The van der Waals surface area contributed by atoms with Crippen LogP contribution in [0.25, 0.3) is 10.6 Å². The number of nitrogens with zero attached hydrogens (tertiary/aromatic N) is 5. The molecule has 8 nitrogen and oxygen atoms in total. The molecule has 3 heterocycles. The lowest BCUT2D eigenvalue weighted by Gasteiger charge is -2.14. The quantitative estimate of drug-likeness (QED) is 0.454. The van der Waals surface area contributed by atoms with Crippen LogP contribution < -0.4 is 10.1 Å². The van der Waals surface area contributed by atoms with Gasteiger partial charge in [-0.05, 0) is 58.0 Å². The van der Waals surface area contributed by atoms with Gasteiger partial charge in [-0.1, -0.05) is 16.4 Å². The van der Waals surface area contributed by atoms with E-state index in [2.05, 4.69) is 30.7 Å². The Labute approximate surface area is 187 Å². The summed E-state index contributed by atoms with van der Waals surface area (Å²) < 4.78 is 5.88. The number of ether oxygens (including phenoxy) is 1. The molecule has 31 heavy (non-hydrogen) atoms. The number of carbonyl (C=O) groups excluding carboxylic acids is 1. The summed E-state index contributed by atoms with van der Waals surface area (Å²) in [6.45, 7) is 7.58. The molecule has 0 aliphatic rings. The molecular formula is C21H20N6O2S2. The Morgan fingerprint density at radius 2 is 1.87 bits per heavy atom. The molecule has 1 N–H and O–H groups in total. The first kappa shape index (κ1) is 21.0. The van der Waals surface area contributed by atoms with Gasteiger partial charge in [0.2, 0.25) is 0 Å². The summed E-state index contributed by atoms with van der Waals surface area (Å²) in [6.07, 6.45) is 1.81. The van der Waals surface area contributed by atoms with E-state index in [4.69, 9.17) is 4.74 Å². The number of hydrogen-bond acceptors (Lipinski definition) is 9. The first-order valence-corrected chi connectivity index (χ1v) is 11.2. The van der Waals surface area contributed by atoms with E-state index in [-0.39, 0.29) is 11.9 Å². The van der Waals surface area contributed by atoms with E-state index in [0.29, 0.717) is 22.2 Å². The lowest BCUT2D eigenvalue weighted by atomic mass is 10.1. The molecule has 10 heteroatoms. The molecule has 1 atom stereocenters. The Morgan fingerprint density at radius 1 is 1.03 bits per heavy atom. The van der Waals surface area contributed by atoms with Crippen molar-refractivity contribution >= 4 is 28.6 Å². The van der Waals surface area contributed by atoms with Crippen molar-refractivity contribution in [2.45, 2.75) is 33.7 Å². The van der Waals surface area contributed by atoms with Gasteiger partial charge >= 0.3 is 0 Å². The number of thiazole rings is 1. The standard InChI is InChI=1S/C21H20N6O2S2/c1-11-5-6-18(26-24-11)13(3)23-19(28)15-7-16(20-22-10-12(2)30-20)9-17(8-15)29-21-27-25-14(4)31-21/h5-10,13H,1-4H3,(H,23,28). The maximum Gasteiger partial charge on any atom is 0.299 e. The zero-order valence-electron chi connectivity index (χ0n) is 17.4. The average Bonchev–Trinajstić information content (AvgIpc) is 3.36. The summed E-state index contributed by atoms with van der Waals surface area (Å²) in [5.41, 5.74) is 2.76. The van der Waals surface area contributed by atoms with Crippen molar-refractivity contribution in [1.82, 2.24) is 30.7 Å². The largest absolute Gasteiger partial charge is 0.430 e. The molecule has 3 aromatic heterocycles. The number of nitrogens with one attached hydrogen (secondary N) is 1. The Balaban J connectivity index is 1.63. The van der Waals surface area contributed by atoms with E-state index < -0.39 is 0 Å². The second kappa shape index (κ2) is 8.86. The van der Waals surface area contributed by atoms with Gasteiger partial charge in [-0.25, -0.2) is 4.98 Å². The summed E-state index contributed by atoms with van der Waals surface area (Å²) in [5.74, 6) is 0.248. The van der Waals surface area contributed by atoms with Crippen molar-refractivity contribution < 1.29 is 9.53 Å². The maximum absolute atomic E-state index is 13.0. The van der Waals surface area contributed by atoms with Crippen LogP contribution in [0.1, 0.15) is 44.6 Å². The van der Waals surface area contributed by atoms with E-state index in [0.717, 1.165) is 26.1 Å². The van der Waals surface area contributed by atoms with Crippen molar-refractivity contribution in [3.05, 3.63) is 63.4 Å². The minimum absolute atomic E-state index is 0.247. The topological polar surface area (TPSA) is 103 Å². The van der Waals surface area contributed by atoms with E-state index in [1.807, 2.05) is 45.9 Å². The van der Waals surface area contributed by atoms with Gasteiger partial charge in [0.05, 0.1) is 17.4 Å². The minimum Gasteiger partial charge on any atom is -0.430 e. The molecule has 0 spiro atoms. The molecule has 0 aliphatic heterocycles. The predicted molar refractivity (Wildman–Crippen MR) is 120 cm³/mol. The van der Waals surface area contributed by atoms with Crippen molar-refractivity contribution in [1.29, 1.82) is 0 Å². The van der Waals surface area contributed by atoms with Crippen LogP contribution in [0.4, 0.5) is 0 Å². The van der Waals surface area contributed by atoms with Crippen LogP contribution in [0.5, 0.6) is 10.9 Å². The van der Waals surface area contributed by atoms with Crippen LogP contribution in [-0.2, 0) is 0 Å². The van der Waals surface area contributed by atoms with Crippen molar-refractivity contribution in [3.63, 3.8) is 0 Å². The van der Waals surface area contributed by atoms with E-state index in [9.17, 15) is 4.79 Å². The van der Waals surface area contributed by atoms with Gasteiger partial charge < -0.3 is 10.1 Å². The molecule has 1 amide bonds. The van der Waals surface area contributed by atoms with Crippen molar-refractivity contribution in [2.24, 2.45) is 0 Å². The molecule has 1 unspecified atom stereocenters. The monoisotopic (exact) mass is 452 g/mol. The number of benzene rings is 1. The Kier molecular flexibility index (Phi) is 6.01. The highest BCUT2D eigenvalue weighted by Crippen LogP contribution is 2.32.